The summed E-state index contributed by atoms with van der Waals surface area (Å²) in [5, 5.41) is 18.0. The summed E-state index contributed by atoms with van der Waals surface area (Å²) in [6, 6.07) is 11.4. The van der Waals surface area contributed by atoms with Gasteiger partial charge in [-0.25, -0.2) is 23.9 Å². The van der Waals surface area contributed by atoms with Gasteiger partial charge < -0.3 is 24.4 Å². The summed E-state index contributed by atoms with van der Waals surface area (Å²) in [5.74, 6) is -0.0152. The number of nitrogens with zero attached hydrogens (tertiary/aromatic N) is 4. The number of hydrogen-bond acceptors (Lipinski definition) is 11. The molecule has 1 saturated heterocycles. The topological polar surface area (TPSA) is 159 Å². The zero-order valence-electron chi connectivity index (χ0n) is 24.3. The molecule has 1 fully saturated rings. The number of aliphatic hydroxyl groups is 1. The first-order chi connectivity index (χ1) is 20.4. The molecular weight excluding hydrogens is 582 g/mol. The second kappa shape index (κ2) is 12.1. The van der Waals surface area contributed by atoms with Crippen LogP contribution in [0.5, 0.6) is 5.75 Å². The number of carbonyl (C=O) groups excluding carboxylic acids is 1. The van der Waals surface area contributed by atoms with Gasteiger partial charge in [-0.3, -0.25) is 13.9 Å². The van der Waals surface area contributed by atoms with E-state index in [2.05, 4.69) is 25.4 Å². The predicted octanol–water partition coefficient (Wildman–Crippen LogP) is 4.14. The minimum Gasteiger partial charge on any atom is -0.462 e. The molecule has 230 valence electrons. The van der Waals surface area contributed by atoms with Crippen molar-refractivity contribution in [3.63, 3.8) is 0 Å². The summed E-state index contributed by atoms with van der Waals surface area (Å²) in [5.41, 5.74) is -1.65. The van der Waals surface area contributed by atoms with Crippen molar-refractivity contribution in [2.75, 3.05) is 19.0 Å². The van der Waals surface area contributed by atoms with Crippen LogP contribution in [0.4, 0.5) is 10.2 Å². The van der Waals surface area contributed by atoms with Crippen LogP contribution in [0.1, 0.15) is 33.9 Å². The van der Waals surface area contributed by atoms with Gasteiger partial charge in [0.1, 0.15) is 35.8 Å². The lowest BCUT2D eigenvalue weighted by Gasteiger charge is -2.26. The van der Waals surface area contributed by atoms with Crippen molar-refractivity contribution in [2.24, 2.45) is 0 Å². The number of ether oxygens (including phenoxy) is 2. The number of aromatic nitrogens is 4. The lowest BCUT2D eigenvalue weighted by molar-refractivity contribution is -0.149. The molecule has 6 atom stereocenters. The van der Waals surface area contributed by atoms with Crippen molar-refractivity contribution in [3.8, 4) is 5.75 Å². The Hall–Kier alpha value is -3.68. The number of hydrogen-bond donors (Lipinski definition) is 3. The van der Waals surface area contributed by atoms with Crippen LogP contribution in [-0.2, 0) is 23.4 Å². The molecule has 2 aromatic heterocycles. The van der Waals surface area contributed by atoms with Crippen molar-refractivity contribution < 1.29 is 37.4 Å². The molecule has 2 aromatic carbocycles. The molecule has 5 rings (SSSR count). The Morgan fingerprint density at radius 1 is 1.19 bits per heavy atom. The zero-order valence-corrected chi connectivity index (χ0v) is 25.2. The average Bonchev–Trinajstić information content (AvgIpc) is 3.49. The lowest BCUT2D eigenvalue weighted by atomic mass is 9.98. The van der Waals surface area contributed by atoms with Crippen molar-refractivity contribution in [1.82, 2.24) is 24.6 Å². The smallest absolute Gasteiger partial charge is 0.459 e. The number of benzene rings is 2. The maximum atomic E-state index is 16.1. The van der Waals surface area contributed by atoms with Crippen molar-refractivity contribution >= 4 is 41.5 Å². The molecule has 4 aromatic rings. The van der Waals surface area contributed by atoms with E-state index < -0.39 is 56.6 Å². The maximum absolute atomic E-state index is 16.1. The summed E-state index contributed by atoms with van der Waals surface area (Å²) in [7, 11) is -2.70. The molecular formula is C28H34FN6O7P. The molecule has 0 saturated carbocycles. The summed E-state index contributed by atoms with van der Waals surface area (Å²) in [6.45, 7) is 5.45. The van der Waals surface area contributed by atoms with E-state index in [0.717, 1.165) is 5.39 Å². The number of halogens is 1. The van der Waals surface area contributed by atoms with Gasteiger partial charge in [-0.1, -0.05) is 36.4 Å². The van der Waals surface area contributed by atoms with Gasteiger partial charge in [0.2, 0.25) is 0 Å². The number of fused-ring (bicyclic) bond motifs is 2. The second-order valence-corrected chi connectivity index (χ2v) is 12.3. The standard InChI is InChI=1S/C28H34FN6O7P/c1-16(2)40-26(37)17(3)34-43(38,42-20-12-8-10-18-9-6-7-11-19(18)20)39-13-21-23(36)28(4,29)27(41-21)35-15-33-22-24(30-5)31-14-32-25(22)35/h6-12,14-17,21,23,27,36H,13H2,1-5H3,(H,34,38)(H,30,31,32)/t17-,21+,23+,27+,28+,43-/m0/s1. The third kappa shape index (κ3) is 6.20. The third-order valence-corrected chi connectivity index (χ3v) is 8.63. The van der Waals surface area contributed by atoms with Crippen molar-refractivity contribution in [3.05, 3.63) is 55.1 Å². The number of esters is 1. The Labute approximate surface area is 247 Å². The highest BCUT2D eigenvalue weighted by Crippen LogP contribution is 2.49. The summed E-state index contributed by atoms with van der Waals surface area (Å²) < 4.78 is 54.4. The Morgan fingerprint density at radius 3 is 2.67 bits per heavy atom. The van der Waals surface area contributed by atoms with Gasteiger partial charge in [-0.15, -0.1) is 0 Å². The van der Waals surface area contributed by atoms with Gasteiger partial charge >= 0.3 is 13.7 Å². The van der Waals surface area contributed by atoms with Gasteiger partial charge in [0.05, 0.1) is 19.0 Å². The number of aliphatic hydroxyl groups excluding tert-OH is 1. The number of rotatable bonds is 11. The molecule has 0 amide bonds. The summed E-state index contributed by atoms with van der Waals surface area (Å²) >= 11 is 0. The zero-order chi connectivity index (χ0) is 30.9. The van der Waals surface area contributed by atoms with Gasteiger partial charge in [0, 0.05) is 12.4 Å². The molecule has 0 spiro atoms. The predicted molar refractivity (Wildman–Crippen MR) is 156 cm³/mol. The van der Waals surface area contributed by atoms with Crippen molar-refractivity contribution in [1.29, 1.82) is 0 Å². The number of nitrogens with one attached hydrogen (secondary N) is 2. The van der Waals surface area contributed by atoms with E-state index in [1.54, 1.807) is 45.2 Å². The lowest BCUT2D eigenvalue weighted by Crippen LogP contribution is -2.41. The van der Waals surface area contributed by atoms with E-state index in [1.165, 1.54) is 31.1 Å². The van der Waals surface area contributed by atoms with Gasteiger partial charge in [0.15, 0.2) is 23.4 Å². The monoisotopic (exact) mass is 616 g/mol. The highest BCUT2D eigenvalue weighted by atomic mass is 31.2. The second-order valence-electron chi connectivity index (χ2n) is 10.6. The van der Waals surface area contributed by atoms with Crippen LogP contribution in [0.3, 0.4) is 0 Å². The molecule has 0 aliphatic carbocycles. The van der Waals surface area contributed by atoms with Crippen LogP contribution in [0, 0.1) is 0 Å². The summed E-state index contributed by atoms with van der Waals surface area (Å²) in [6.07, 6.45) is -2.11. The largest absolute Gasteiger partial charge is 0.462 e. The molecule has 0 unspecified atom stereocenters. The minimum absolute atomic E-state index is 0.226. The molecule has 15 heteroatoms. The van der Waals surface area contributed by atoms with E-state index in [-0.39, 0.29) is 11.4 Å². The highest BCUT2D eigenvalue weighted by molar-refractivity contribution is 7.52. The van der Waals surface area contributed by atoms with Crippen LogP contribution in [0.25, 0.3) is 21.9 Å². The molecule has 43 heavy (non-hydrogen) atoms. The van der Waals surface area contributed by atoms with E-state index in [1.807, 2.05) is 18.2 Å². The maximum Gasteiger partial charge on any atom is 0.459 e. The van der Waals surface area contributed by atoms with E-state index in [4.69, 9.17) is 18.5 Å². The Kier molecular flexibility index (Phi) is 8.68. The van der Waals surface area contributed by atoms with Crippen LogP contribution in [0.15, 0.2) is 55.1 Å². The SMILES string of the molecule is CNc1ncnc2c1ncn2[C@@H]1O[C@H](CO[P@@](=O)(N[C@@H](C)C(=O)OC(C)C)Oc2cccc3ccccc23)[C@@H](O)[C@@]1(C)F. The normalized spacial score (nSPS) is 24.2. The number of imidazole rings is 1. The van der Waals surface area contributed by atoms with Crippen molar-refractivity contribution in [2.45, 2.75) is 63.9 Å². The Balaban J connectivity index is 1.40. The molecule has 0 bridgehead atoms. The average molecular weight is 617 g/mol. The molecule has 3 N–H and O–H groups in total. The fraction of sp³-hybridized carbons (Fsp3) is 0.429. The molecule has 1 aliphatic heterocycles. The Bertz CT molecular complexity index is 1660. The number of carbonyl (C=O) groups is 1. The van der Waals surface area contributed by atoms with Crippen LogP contribution in [-0.4, -0.2) is 74.3 Å². The summed E-state index contributed by atoms with van der Waals surface area (Å²) in [4.78, 5) is 25.2. The van der Waals surface area contributed by atoms with Gasteiger partial charge in [-0.2, -0.15) is 5.09 Å². The quantitative estimate of drug-likeness (QED) is 0.164. The van der Waals surface area contributed by atoms with Crippen LogP contribution >= 0.6 is 7.75 Å². The number of alkyl halides is 1. The van der Waals surface area contributed by atoms with Gasteiger partial charge in [-0.05, 0) is 39.1 Å². The Morgan fingerprint density at radius 2 is 1.93 bits per heavy atom. The number of anilines is 1. The fourth-order valence-electron chi connectivity index (χ4n) is 4.85. The van der Waals surface area contributed by atoms with Crippen LogP contribution < -0.4 is 14.9 Å². The molecule has 0 radical (unpaired) electrons. The van der Waals surface area contributed by atoms with Crippen LogP contribution in [0.2, 0.25) is 0 Å². The molecule has 3 heterocycles. The highest BCUT2D eigenvalue weighted by Gasteiger charge is 2.56. The van der Waals surface area contributed by atoms with E-state index >= 15 is 4.39 Å². The first kappa shape index (κ1) is 30.8. The van der Waals surface area contributed by atoms with E-state index in [9.17, 15) is 14.5 Å². The third-order valence-electron chi connectivity index (χ3n) is 7.00. The minimum atomic E-state index is -4.36. The molecule has 13 nitrogen and oxygen atoms in total. The van der Waals surface area contributed by atoms with Gasteiger partial charge in [0.25, 0.3) is 0 Å². The first-order valence-electron chi connectivity index (χ1n) is 13.7. The fourth-order valence-corrected chi connectivity index (χ4v) is 6.37. The molecule has 1 aliphatic rings. The van der Waals surface area contributed by atoms with E-state index in [0.29, 0.717) is 16.7 Å². The first-order valence-corrected chi connectivity index (χ1v) is 15.3.